The number of hydrogen-bond donors (Lipinski definition) is 2. The number of hydrogen-bond acceptors (Lipinski definition) is 2. The summed E-state index contributed by atoms with van der Waals surface area (Å²) in [5, 5.41) is 10.5. The molecule has 112 valence electrons. The Bertz CT molecular complexity index is 453. The van der Waals surface area contributed by atoms with E-state index in [2.05, 4.69) is 0 Å². The second-order valence-corrected chi connectivity index (χ2v) is 5.65. The van der Waals surface area contributed by atoms with Gasteiger partial charge in [0.2, 0.25) is 0 Å². The first kappa shape index (κ1) is 15.3. The number of halogens is 3. The lowest BCUT2D eigenvalue weighted by Gasteiger charge is -2.40. The maximum atomic E-state index is 12.7. The predicted molar refractivity (Wildman–Crippen MR) is 71.0 cm³/mol. The number of aliphatic hydroxyl groups is 1. The number of alkyl halides is 3. The quantitative estimate of drug-likeness (QED) is 0.891. The molecule has 0 radical (unpaired) electrons. The Kier molecular flexibility index (Phi) is 4.39. The average molecular weight is 287 g/mol. The summed E-state index contributed by atoms with van der Waals surface area (Å²) in [7, 11) is 0. The van der Waals surface area contributed by atoms with Crippen LogP contribution < -0.4 is 5.73 Å². The van der Waals surface area contributed by atoms with Crippen molar-refractivity contribution in [3.63, 3.8) is 0 Å². The molecule has 1 aliphatic carbocycles. The lowest BCUT2D eigenvalue weighted by molar-refractivity contribution is -0.137. The molecule has 0 bridgehead atoms. The van der Waals surface area contributed by atoms with Gasteiger partial charge in [0, 0.05) is 12.0 Å². The molecular formula is C15H20F3NO. The number of benzene rings is 1. The third-order valence-corrected chi connectivity index (χ3v) is 4.37. The molecule has 5 heteroatoms. The Hall–Kier alpha value is -1.07. The first-order chi connectivity index (χ1) is 9.39. The van der Waals surface area contributed by atoms with E-state index in [0.717, 1.165) is 44.2 Å². The molecule has 1 atom stereocenters. The Morgan fingerprint density at radius 1 is 1.20 bits per heavy atom. The first-order valence-corrected chi connectivity index (χ1v) is 6.94. The fourth-order valence-corrected chi connectivity index (χ4v) is 3.08. The van der Waals surface area contributed by atoms with E-state index in [0.29, 0.717) is 12.1 Å². The SMILES string of the molecule is NCC1(C(O)c2cccc(C(F)(F)F)c2)CCCCC1. The lowest BCUT2D eigenvalue weighted by atomic mass is 9.68. The summed E-state index contributed by atoms with van der Waals surface area (Å²) in [6, 6.07) is 4.95. The highest BCUT2D eigenvalue weighted by Crippen LogP contribution is 2.45. The normalized spacial score (nSPS) is 20.6. The lowest BCUT2D eigenvalue weighted by Crippen LogP contribution is -2.38. The van der Waals surface area contributed by atoms with E-state index in [-0.39, 0.29) is 0 Å². The molecular weight excluding hydrogens is 267 g/mol. The van der Waals surface area contributed by atoms with E-state index in [4.69, 9.17) is 5.73 Å². The molecule has 20 heavy (non-hydrogen) atoms. The highest BCUT2D eigenvalue weighted by Gasteiger charge is 2.39. The molecule has 1 saturated carbocycles. The zero-order valence-corrected chi connectivity index (χ0v) is 11.3. The van der Waals surface area contributed by atoms with E-state index in [1.54, 1.807) is 6.07 Å². The van der Waals surface area contributed by atoms with Gasteiger partial charge in [-0.2, -0.15) is 13.2 Å². The Morgan fingerprint density at radius 3 is 2.40 bits per heavy atom. The molecule has 1 aliphatic rings. The highest BCUT2D eigenvalue weighted by molar-refractivity contribution is 5.28. The molecule has 0 aromatic heterocycles. The van der Waals surface area contributed by atoms with Crippen molar-refractivity contribution in [2.45, 2.75) is 44.4 Å². The van der Waals surface area contributed by atoms with E-state index < -0.39 is 23.3 Å². The van der Waals surface area contributed by atoms with Crippen LogP contribution in [0.3, 0.4) is 0 Å². The molecule has 1 fully saturated rings. The van der Waals surface area contributed by atoms with Gasteiger partial charge in [0.15, 0.2) is 0 Å². The molecule has 0 amide bonds. The van der Waals surface area contributed by atoms with Gasteiger partial charge in [0.05, 0.1) is 11.7 Å². The minimum absolute atomic E-state index is 0.296. The highest BCUT2D eigenvalue weighted by atomic mass is 19.4. The van der Waals surface area contributed by atoms with Crippen molar-refractivity contribution in [2.75, 3.05) is 6.54 Å². The largest absolute Gasteiger partial charge is 0.416 e. The molecule has 2 rings (SSSR count). The first-order valence-electron chi connectivity index (χ1n) is 6.94. The van der Waals surface area contributed by atoms with Crippen molar-refractivity contribution in [3.05, 3.63) is 35.4 Å². The number of rotatable bonds is 3. The fraction of sp³-hybridized carbons (Fsp3) is 0.600. The van der Waals surface area contributed by atoms with Gasteiger partial charge < -0.3 is 10.8 Å². The third kappa shape index (κ3) is 2.99. The van der Waals surface area contributed by atoms with Gasteiger partial charge in [-0.3, -0.25) is 0 Å². The van der Waals surface area contributed by atoms with E-state index in [1.807, 2.05) is 0 Å². The summed E-state index contributed by atoms with van der Waals surface area (Å²) in [5.74, 6) is 0. The van der Waals surface area contributed by atoms with E-state index >= 15 is 0 Å². The van der Waals surface area contributed by atoms with Gasteiger partial charge in [-0.1, -0.05) is 31.4 Å². The summed E-state index contributed by atoms with van der Waals surface area (Å²) in [6.07, 6.45) is -0.771. The van der Waals surface area contributed by atoms with Crippen LogP contribution in [0.5, 0.6) is 0 Å². The van der Waals surface area contributed by atoms with Crippen molar-refractivity contribution in [2.24, 2.45) is 11.1 Å². The molecule has 1 aromatic rings. The van der Waals surface area contributed by atoms with Gasteiger partial charge in [-0.15, -0.1) is 0 Å². The van der Waals surface area contributed by atoms with Crippen molar-refractivity contribution in [3.8, 4) is 0 Å². The van der Waals surface area contributed by atoms with Crippen LogP contribution >= 0.6 is 0 Å². The standard InChI is InChI=1S/C15H20F3NO/c16-15(17,18)12-6-4-5-11(9-12)13(20)14(10-19)7-2-1-3-8-14/h4-6,9,13,20H,1-3,7-8,10,19H2. The zero-order valence-electron chi connectivity index (χ0n) is 11.3. The summed E-state index contributed by atoms with van der Waals surface area (Å²) in [6.45, 7) is 0.296. The van der Waals surface area contributed by atoms with Crippen LogP contribution in [0.15, 0.2) is 24.3 Å². The van der Waals surface area contributed by atoms with Crippen LogP contribution in [0.2, 0.25) is 0 Å². The topological polar surface area (TPSA) is 46.2 Å². The van der Waals surface area contributed by atoms with Gasteiger partial charge in [-0.25, -0.2) is 0 Å². The van der Waals surface area contributed by atoms with Crippen molar-refractivity contribution in [1.29, 1.82) is 0 Å². The number of nitrogens with two attached hydrogens (primary N) is 1. The molecule has 1 unspecified atom stereocenters. The second-order valence-electron chi connectivity index (χ2n) is 5.65. The molecule has 1 aromatic carbocycles. The van der Waals surface area contributed by atoms with Crippen LogP contribution in [-0.4, -0.2) is 11.7 Å². The maximum Gasteiger partial charge on any atom is 0.416 e. The van der Waals surface area contributed by atoms with E-state index in [1.165, 1.54) is 6.07 Å². The average Bonchev–Trinajstić information content (AvgIpc) is 2.46. The molecule has 0 saturated heterocycles. The van der Waals surface area contributed by atoms with Crippen LogP contribution in [-0.2, 0) is 6.18 Å². The van der Waals surface area contributed by atoms with Crippen LogP contribution in [0.1, 0.15) is 49.3 Å². The Morgan fingerprint density at radius 2 is 1.85 bits per heavy atom. The molecule has 0 aliphatic heterocycles. The minimum Gasteiger partial charge on any atom is -0.388 e. The molecule has 3 N–H and O–H groups in total. The molecule has 0 heterocycles. The smallest absolute Gasteiger partial charge is 0.388 e. The van der Waals surface area contributed by atoms with Gasteiger partial charge in [0.1, 0.15) is 0 Å². The van der Waals surface area contributed by atoms with Crippen LogP contribution in [0, 0.1) is 5.41 Å². The molecule has 0 spiro atoms. The van der Waals surface area contributed by atoms with Crippen LogP contribution in [0.25, 0.3) is 0 Å². The van der Waals surface area contributed by atoms with Crippen LogP contribution in [0.4, 0.5) is 13.2 Å². The monoisotopic (exact) mass is 287 g/mol. The summed E-state index contributed by atoms with van der Waals surface area (Å²) >= 11 is 0. The molecule has 2 nitrogen and oxygen atoms in total. The van der Waals surface area contributed by atoms with Crippen molar-refractivity contribution in [1.82, 2.24) is 0 Å². The van der Waals surface area contributed by atoms with Crippen molar-refractivity contribution < 1.29 is 18.3 Å². The Labute approximate surface area is 116 Å². The van der Waals surface area contributed by atoms with Gasteiger partial charge >= 0.3 is 6.18 Å². The summed E-state index contributed by atoms with van der Waals surface area (Å²) in [4.78, 5) is 0. The summed E-state index contributed by atoms with van der Waals surface area (Å²) < 4.78 is 38.2. The van der Waals surface area contributed by atoms with Crippen molar-refractivity contribution >= 4 is 0 Å². The van der Waals surface area contributed by atoms with E-state index in [9.17, 15) is 18.3 Å². The second kappa shape index (κ2) is 5.74. The van der Waals surface area contributed by atoms with Gasteiger partial charge in [-0.05, 0) is 30.5 Å². The number of aliphatic hydroxyl groups excluding tert-OH is 1. The maximum absolute atomic E-state index is 12.7. The fourth-order valence-electron chi connectivity index (χ4n) is 3.08. The predicted octanol–water partition coefficient (Wildman–Crippen LogP) is 3.65. The zero-order chi connectivity index (χ0) is 14.8. The Balaban J connectivity index is 2.30. The minimum atomic E-state index is -4.39. The third-order valence-electron chi connectivity index (χ3n) is 4.37. The summed E-state index contributed by atoms with van der Waals surface area (Å²) in [5.41, 5.74) is 4.92. The van der Waals surface area contributed by atoms with Gasteiger partial charge in [0.25, 0.3) is 0 Å².